The molecular weight excluding hydrogens is 346 g/mol. The number of benzene rings is 1. The monoisotopic (exact) mass is 367 g/mol. The molecule has 1 aromatic rings. The van der Waals surface area contributed by atoms with Crippen LogP contribution in [-0.4, -0.2) is 19.0 Å². The first-order valence-electron chi connectivity index (χ1n) is 7.70. The molecule has 0 saturated heterocycles. The molecule has 4 nitrogen and oxygen atoms in total. The Hall–Kier alpha value is -1.36. The molecule has 22 heavy (non-hydrogen) atoms. The van der Waals surface area contributed by atoms with Crippen molar-refractivity contribution in [2.45, 2.75) is 44.6 Å². The van der Waals surface area contributed by atoms with Crippen molar-refractivity contribution in [1.29, 1.82) is 0 Å². The van der Waals surface area contributed by atoms with Gasteiger partial charge in [-0.05, 0) is 36.5 Å². The second kappa shape index (κ2) is 8.32. The average molecular weight is 368 g/mol. The summed E-state index contributed by atoms with van der Waals surface area (Å²) < 4.78 is 5.67. The molecule has 5 heteroatoms. The van der Waals surface area contributed by atoms with Crippen LogP contribution >= 0.6 is 15.9 Å². The predicted molar refractivity (Wildman–Crippen MR) is 88.2 cm³/mol. The Kier molecular flexibility index (Phi) is 6.43. The quantitative estimate of drug-likeness (QED) is 0.778. The molecule has 0 aliphatic heterocycles. The lowest BCUT2D eigenvalue weighted by molar-refractivity contribution is -0.141. The summed E-state index contributed by atoms with van der Waals surface area (Å²) in [5.74, 6) is 0.174. The molecule has 0 radical (unpaired) electrons. The molecule has 120 valence electrons. The predicted octanol–water partition coefficient (Wildman–Crippen LogP) is 3.75. The van der Waals surface area contributed by atoms with Gasteiger partial charge in [-0.2, -0.15) is 0 Å². The van der Waals surface area contributed by atoms with Gasteiger partial charge in [0.25, 0.3) is 0 Å². The van der Waals surface area contributed by atoms with Gasteiger partial charge in [0, 0.05) is 10.9 Å². The highest BCUT2D eigenvalue weighted by atomic mass is 79.9. The molecule has 0 spiro atoms. The fraction of sp³-hybridized carbons (Fsp3) is 0.529. The molecule has 1 aliphatic rings. The van der Waals surface area contributed by atoms with Gasteiger partial charge in [0.15, 0.2) is 0 Å². The number of methoxy groups -OCH3 is 1. The number of carbonyl (C=O) groups is 2. The van der Waals surface area contributed by atoms with Crippen molar-refractivity contribution in [2.75, 3.05) is 7.11 Å². The van der Waals surface area contributed by atoms with Gasteiger partial charge in [-0.1, -0.05) is 40.9 Å². The first-order valence-corrected chi connectivity index (χ1v) is 8.49. The summed E-state index contributed by atoms with van der Waals surface area (Å²) in [6.45, 7) is 0. The molecule has 1 atom stereocenters. The minimum Gasteiger partial charge on any atom is -0.469 e. The third-order valence-corrected chi connectivity index (χ3v) is 4.63. The zero-order valence-corrected chi connectivity index (χ0v) is 14.4. The van der Waals surface area contributed by atoms with Crippen LogP contribution in [0.2, 0.25) is 0 Å². The van der Waals surface area contributed by atoms with E-state index >= 15 is 0 Å². The molecule has 1 unspecified atom stereocenters. The van der Waals surface area contributed by atoms with Crippen LogP contribution in [-0.2, 0) is 14.3 Å². The van der Waals surface area contributed by atoms with Crippen LogP contribution in [0.1, 0.15) is 50.1 Å². The lowest BCUT2D eigenvalue weighted by Crippen LogP contribution is -2.31. The lowest BCUT2D eigenvalue weighted by atomic mass is 10.0. The van der Waals surface area contributed by atoms with Crippen LogP contribution in [0.3, 0.4) is 0 Å². The van der Waals surface area contributed by atoms with Gasteiger partial charge in [0.1, 0.15) is 0 Å². The van der Waals surface area contributed by atoms with Crippen LogP contribution in [0.15, 0.2) is 28.7 Å². The SMILES string of the molecule is COC(=O)CC(NC(=O)CC1CCCC1)c1cccc(Br)c1. The molecule has 1 fully saturated rings. The van der Waals surface area contributed by atoms with Crippen LogP contribution in [0.5, 0.6) is 0 Å². The fourth-order valence-electron chi connectivity index (χ4n) is 2.96. The maximum absolute atomic E-state index is 12.3. The second-order valence-electron chi connectivity index (χ2n) is 5.81. The maximum atomic E-state index is 12.3. The van der Waals surface area contributed by atoms with Crippen molar-refractivity contribution in [1.82, 2.24) is 5.32 Å². The van der Waals surface area contributed by atoms with Crippen LogP contribution in [0, 0.1) is 5.92 Å². The normalized spacial score (nSPS) is 16.3. The van der Waals surface area contributed by atoms with Crippen molar-refractivity contribution in [2.24, 2.45) is 5.92 Å². The van der Waals surface area contributed by atoms with E-state index in [0.717, 1.165) is 22.9 Å². The molecule has 2 rings (SSSR count). The van der Waals surface area contributed by atoms with Gasteiger partial charge in [0.2, 0.25) is 5.91 Å². The molecule has 1 aliphatic carbocycles. The number of hydrogen-bond donors (Lipinski definition) is 1. The smallest absolute Gasteiger partial charge is 0.307 e. The molecule has 0 aromatic heterocycles. The molecule has 1 aromatic carbocycles. The van der Waals surface area contributed by atoms with E-state index < -0.39 is 0 Å². The van der Waals surface area contributed by atoms with Gasteiger partial charge in [-0.25, -0.2) is 0 Å². The number of hydrogen-bond acceptors (Lipinski definition) is 3. The summed E-state index contributed by atoms with van der Waals surface area (Å²) in [5, 5.41) is 2.99. The Labute approximate surface area is 139 Å². The zero-order chi connectivity index (χ0) is 15.9. The van der Waals surface area contributed by atoms with Crippen LogP contribution < -0.4 is 5.32 Å². The maximum Gasteiger partial charge on any atom is 0.307 e. The van der Waals surface area contributed by atoms with Gasteiger partial charge in [0.05, 0.1) is 19.6 Å². The van der Waals surface area contributed by atoms with Crippen molar-refractivity contribution >= 4 is 27.8 Å². The number of esters is 1. The minimum absolute atomic E-state index is 0.0146. The summed E-state index contributed by atoms with van der Waals surface area (Å²) in [4.78, 5) is 23.9. The molecule has 1 amide bonds. The molecule has 1 N–H and O–H groups in total. The Morgan fingerprint density at radius 2 is 2.09 bits per heavy atom. The van der Waals surface area contributed by atoms with E-state index in [9.17, 15) is 9.59 Å². The second-order valence-corrected chi connectivity index (χ2v) is 6.73. The summed E-state index contributed by atoms with van der Waals surface area (Å²) in [6.07, 6.45) is 5.39. The Bertz CT molecular complexity index is 526. The van der Waals surface area contributed by atoms with Crippen molar-refractivity contribution in [3.05, 3.63) is 34.3 Å². The third-order valence-electron chi connectivity index (χ3n) is 4.13. The summed E-state index contributed by atoms with van der Waals surface area (Å²) in [5.41, 5.74) is 0.902. The van der Waals surface area contributed by atoms with E-state index in [2.05, 4.69) is 21.2 Å². The Morgan fingerprint density at radius 3 is 2.73 bits per heavy atom. The molecule has 0 bridgehead atoms. The van der Waals surface area contributed by atoms with Gasteiger partial charge in [-0.3, -0.25) is 9.59 Å². The van der Waals surface area contributed by atoms with Gasteiger partial charge >= 0.3 is 5.97 Å². The van der Waals surface area contributed by atoms with Gasteiger partial charge < -0.3 is 10.1 Å². The summed E-state index contributed by atoms with van der Waals surface area (Å²) in [7, 11) is 1.36. The topological polar surface area (TPSA) is 55.4 Å². The molecule has 0 heterocycles. The first kappa shape index (κ1) is 17.0. The van der Waals surface area contributed by atoms with E-state index in [-0.39, 0.29) is 24.3 Å². The standard InChI is InChI=1S/C17H22BrNO3/c1-22-17(21)11-15(13-7-4-8-14(18)10-13)19-16(20)9-12-5-2-3-6-12/h4,7-8,10,12,15H,2-3,5-6,9,11H2,1H3,(H,19,20). The number of rotatable bonds is 6. The zero-order valence-electron chi connectivity index (χ0n) is 12.8. The van der Waals surface area contributed by atoms with E-state index in [0.29, 0.717) is 12.3 Å². The molecular formula is C17H22BrNO3. The third kappa shape index (κ3) is 5.13. The van der Waals surface area contributed by atoms with Crippen LogP contribution in [0.4, 0.5) is 0 Å². The highest BCUT2D eigenvalue weighted by Gasteiger charge is 2.23. The minimum atomic E-state index is -0.348. The number of nitrogens with one attached hydrogen (secondary N) is 1. The highest BCUT2D eigenvalue weighted by molar-refractivity contribution is 9.10. The summed E-state index contributed by atoms with van der Waals surface area (Å²) >= 11 is 3.42. The van der Waals surface area contributed by atoms with Gasteiger partial charge in [-0.15, -0.1) is 0 Å². The summed E-state index contributed by atoms with van der Waals surface area (Å²) in [6, 6.07) is 7.29. The number of amides is 1. The average Bonchev–Trinajstić information content (AvgIpc) is 2.99. The van der Waals surface area contributed by atoms with Crippen LogP contribution in [0.25, 0.3) is 0 Å². The van der Waals surface area contributed by atoms with E-state index in [1.165, 1.54) is 20.0 Å². The van der Waals surface area contributed by atoms with E-state index in [1.807, 2.05) is 24.3 Å². The molecule has 1 saturated carbocycles. The fourth-order valence-corrected chi connectivity index (χ4v) is 3.37. The Balaban J connectivity index is 2.03. The first-order chi connectivity index (χ1) is 10.6. The lowest BCUT2D eigenvalue weighted by Gasteiger charge is -2.19. The van der Waals surface area contributed by atoms with E-state index in [1.54, 1.807) is 0 Å². The van der Waals surface area contributed by atoms with Crippen molar-refractivity contribution in [3.8, 4) is 0 Å². The van der Waals surface area contributed by atoms with Crippen molar-refractivity contribution in [3.63, 3.8) is 0 Å². The van der Waals surface area contributed by atoms with Crippen molar-refractivity contribution < 1.29 is 14.3 Å². The van der Waals surface area contributed by atoms with E-state index in [4.69, 9.17) is 4.74 Å². The number of ether oxygens (including phenoxy) is 1. The Morgan fingerprint density at radius 1 is 1.36 bits per heavy atom. The number of carbonyl (C=O) groups excluding carboxylic acids is 2. The largest absolute Gasteiger partial charge is 0.469 e. The number of halogens is 1. The highest BCUT2D eigenvalue weighted by Crippen LogP contribution is 2.28.